The number of hydrogen-bond acceptors (Lipinski definition) is 1. The average Bonchev–Trinajstić information content (AvgIpc) is 2.22. The van der Waals surface area contributed by atoms with Crippen LogP contribution in [0.15, 0.2) is 18.2 Å². The van der Waals surface area contributed by atoms with Crippen LogP contribution < -0.4 is 5.32 Å². The maximum Gasteiger partial charge on any atom is 0.429 e. The summed E-state index contributed by atoms with van der Waals surface area (Å²) < 4.78 is 139. The molecule has 0 amide bonds. The van der Waals surface area contributed by atoms with Crippen LogP contribution >= 0.6 is 0 Å². The predicted molar refractivity (Wildman–Crippen MR) is 50.9 cm³/mol. The first-order valence-corrected chi connectivity index (χ1v) is 5.07. The molecule has 0 saturated carbocycles. The summed E-state index contributed by atoms with van der Waals surface area (Å²) in [5.74, 6) is -3.46. The van der Waals surface area contributed by atoms with E-state index in [1.165, 1.54) is 0 Å². The highest BCUT2D eigenvalue weighted by molar-refractivity contribution is 5.49. The maximum absolute atomic E-state index is 13.1. The zero-order chi connectivity index (χ0) is 17.6. The lowest BCUT2D eigenvalue weighted by molar-refractivity contribution is -0.370. The Balaban J connectivity index is 3.58. The SMILES string of the molecule is Fc1ccc(NC(C(F)(F)F)(C(F)(F)F)C(F)(F)F)c(F)c1. The Labute approximate surface area is 114 Å². The van der Waals surface area contributed by atoms with Crippen LogP contribution in [0.1, 0.15) is 0 Å². The molecule has 22 heavy (non-hydrogen) atoms. The van der Waals surface area contributed by atoms with Gasteiger partial charge in [0.2, 0.25) is 0 Å². The molecule has 0 fully saturated rings. The van der Waals surface area contributed by atoms with Crippen molar-refractivity contribution in [3.05, 3.63) is 29.8 Å². The second kappa shape index (κ2) is 5.16. The first-order chi connectivity index (χ1) is 9.63. The molecule has 0 aromatic heterocycles. The molecular formula is C10H4F11N. The van der Waals surface area contributed by atoms with Crippen LogP contribution in [-0.4, -0.2) is 24.1 Å². The zero-order valence-electron chi connectivity index (χ0n) is 9.89. The summed E-state index contributed by atoms with van der Waals surface area (Å²) in [4.78, 5) is 0. The number of benzene rings is 1. The van der Waals surface area contributed by atoms with E-state index in [9.17, 15) is 48.3 Å². The Morgan fingerprint density at radius 1 is 0.682 bits per heavy atom. The van der Waals surface area contributed by atoms with Gasteiger partial charge in [-0.1, -0.05) is 0 Å². The summed E-state index contributed by atoms with van der Waals surface area (Å²) in [5, 5.41) is 0.0912. The molecule has 0 unspecified atom stereocenters. The van der Waals surface area contributed by atoms with Crippen LogP contribution in [0, 0.1) is 11.6 Å². The maximum atomic E-state index is 13.1. The minimum Gasteiger partial charge on any atom is -0.354 e. The molecule has 0 bridgehead atoms. The van der Waals surface area contributed by atoms with Gasteiger partial charge >= 0.3 is 24.1 Å². The summed E-state index contributed by atoms with van der Waals surface area (Å²) in [6.45, 7) is 0. The van der Waals surface area contributed by atoms with Crippen molar-refractivity contribution < 1.29 is 48.3 Å². The third kappa shape index (κ3) is 2.90. The topological polar surface area (TPSA) is 12.0 Å². The standard InChI is InChI=1S/C10H4F11N/c11-4-1-2-6(5(12)3-4)22-7(8(13,14)15,9(16,17)18)10(19,20)21/h1-3,22H. The summed E-state index contributed by atoms with van der Waals surface area (Å²) in [6.07, 6.45) is -20.7. The van der Waals surface area contributed by atoms with E-state index in [1.54, 1.807) is 0 Å². The van der Waals surface area contributed by atoms with Gasteiger partial charge in [-0.3, -0.25) is 0 Å². The van der Waals surface area contributed by atoms with Crippen molar-refractivity contribution in [2.75, 3.05) is 5.32 Å². The van der Waals surface area contributed by atoms with Crippen LogP contribution in [0.25, 0.3) is 0 Å². The molecule has 0 heterocycles. The smallest absolute Gasteiger partial charge is 0.354 e. The number of alkyl halides is 9. The van der Waals surface area contributed by atoms with E-state index in [1.807, 2.05) is 0 Å². The van der Waals surface area contributed by atoms with Gasteiger partial charge in [-0.15, -0.1) is 0 Å². The third-order valence-corrected chi connectivity index (χ3v) is 2.53. The molecule has 1 N–H and O–H groups in total. The predicted octanol–water partition coefficient (Wildman–Crippen LogP) is 4.80. The summed E-state index contributed by atoms with van der Waals surface area (Å²) in [5.41, 5.74) is -8.22. The lowest BCUT2D eigenvalue weighted by Gasteiger charge is -2.39. The number of rotatable bonds is 2. The normalized spacial score (nSPS) is 14.1. The van der Waals surface area contributed by atoms with Gasteiger partial charge in [0.15, 0.2) is 0 Å². The second-order valence-corrected chi connectivity index (χ2v) is 3.99. The van der Waals surface area contributed by atoms with Crippen LogP contribution in [0.3, 0.4) is 0 Å². The molecular weight excluding hydrogens is 343 g/mol. The van der Waals surface area contributed by atoms with Crippen molar-refractivity contribution in [3.63, 3.8) is 0 Å². The highest BCUT2D eigenvalue weighted by Crippen LogP contribution is 2.54. The molecule has 126 valence electrons. The van der Waals surface area contributed by atoms with Crippen molar-refractivity contribution in [2.45, 2.75) is 24.1 Å². The van der Waals surface area contributed by atoms with Crippen molar-refractivity contribution in [1.82, 2.24) is 0 Å². The summed E-state index contributed by atoms with van der Waals surface area (Å²) in [7, 11) is 0. The van der Waals surface area contributed by atoms with Crippen LogP contribution in [0.2, 0.25) is 0 Å². The zero-order valence-corrected chi connectivity index (χ0v) is 9.89. The van der Waals surface area contributed by atoms with Crippen molar-refractivity contribution in [1.29, 1.82) is 0 Å². The number of anilines is 1. The molecule has 0 radical (unpaired) electrons. The van der Waals surface area contributed by atoms with Gasteiger partial charge in [0.05, 0.1) is 5.69 Å². The Morgan fingerprint density at radius 3 is 1.41 bits per heavy atom. The van der Waals surface area contributed by atoms with E-state index in [2.05, 4.69) is 0 Å². The Kier molecular flexibility index (Phi) is 4.29. The Hall–Kier alpha value is -1.75. The molecule has 0 aliphatic carbocycles. The van der Waals surface area contributed by atoms with Gasteiger partial charge in [0.1, 0.15) is 11.6 Å². The highest BCUT2D eigenvalue weighted by atomic mass is 19.4. The van der Waals surface area contributed by atoms with Gasteiger partial charge < -0.3 is 5.32 Å². The minimum absolute atomic E-state index is 0.0113. The number of nitrogens with one attached hydrogen (secondary N) is 1. The molecule has 0 atom stereocenters. The highest BCUT2D eigenvalue weighted by Gasteiger charge is 2.84. The van der Waals surface area contributed by atoms with Crippen molar-refractivity contribution in [2.24, 2.45) is 0 Å². The van der Waals surface area contributed by atoms with Gasteiger partial charge in [-0.05, 0) is 12.1 Å². The van der Waals surface area contributed by atoms with E-state index in [0.717, 1.165) is 0 Å². The fourth-order valence-corrected chi connectivity index (χ4v) is 1.49. The Bertz CT molecular complexity index is 503. The molecule has 0 saturated heterocycles. The molecule has 1 aromatic rings. The van der Waals surface area contributed by atoms with E-state index in [0.29, 0.717) is 0 Å². The van der Waals surface area contributed by atoms with Crippen LogP contribution in [0.5, 0.6) is 0 Å². The summed E-state index contributed by atoms with van der Waals surface area (Å²) >= 11 is 0. The molecule has 1 rings (SSSR count). The number of hydrogen-bond donors (Lipinski definition) is 1. The number of halogens is 11. The van der Waals surface area contributed by atoms with Crippen molar-refractivity contribution in [3.8, 4) is 0 Å². The summed E-state index contributed by atoms with van der Waals surface area (Å²) in [6, 6.07) is 0.0121. The van der Waals surface area contributed by atoms with E-state index in [-0.39, 0.29) is 23.5 Å². The largest absolute Gasteiger partial charge is 0.429 e. The van der Waals surface area contributed by atoms with Crippen molar-refractivity contribution >= 4 is 5.69 Å². The van der Waals surface area contributed by atoms with Crippen LogP contribution in [0.4, 0.5) is 54.0 Å². The molecule has 1 nitrogen and oxygen atoms in total. The van der Waals surface area contributed by atoms with Gasteiger partial charge in [-0.2, -0.15) is 39.5 Å². The van der Waals surface area contributed by atoms with Gasteiger partial charge in [0, 0.05) is 6.07 Å². The van der Waals surface area contributed by atoms with Crippen LogP contribution in [-0.2, 0) is 0 Å². The van der Waals surface area contributed by atoms with E-state index >= 15 is 0 Å². The molecule has 1 aromatic carbocycles. The van der Waals surface area contributed by atoms with Gasteiger partial charge in [0.25, 0.3) is 0 Å². The first-order valence-electron chi connectivity index (χ1n) is 5.07. The Morgan fingerprint density at radius 2 is 1.09 bits per heavy atom. The lowest BCUT2D eigenvalue weighted by Crippen LogP contribution is -2.70. The third-order valence-electron chi connectivity index (χ3n) is 2.53. The average molecular weight is 347 g/mol. The molecule has 0 aliphatic heterocycles. The van der Waals surface area contributed by atoms with E-state index < -0.39 is 41.4 Å². The second-order valence-electron chi connectivity index (χ2n) is 3.99. The molecule has 12 heteroatoms. The molecule has 0 spiro atoms. The molecule has 0 aliphatic rings. The quantitative estimate of drug-likeness (QED) is 0.758. The van der Waals surface area contributed by atoms with Gasteiger partial charge in [-0.25, -0.2) is 8.78 Å². The lowest BCUT2D eigenvalue weighted by atomic mass is 9.96. The first kappa shape index (κ1) is 18.3. The van der Waals surface area contributed by atoms with E-state index in [4.69, 9.17) is 0 Å². The fourth-order valence-electron chi connectivity index (χ4n) is 1.49. The monoisotopic (exact) mass is 347 g/mol. The fraction of sp³-hybridized carbons (Fsp3) is 0.400. The minimum atomic E-state index is -6.90.